The van der Waals surface area contributed by atoms with E-state index in [1.165, 1.54) is 29.2 Å². The summed E-state index contributed by atoms with van der Waals surface area (Å²) < 4.78 is 36.6. The van der Waals surface area contributed by atoms with Crippen molar-refractivity contribution >= 4 is 18.3 Å². The van der Waals surface area contributed by atoms with Gasteiger partial charge in [0.05, 0.1) is 4.90 Å². The highest BCUT2D eigenvalue weighted by atomic mass is 32.2. The highest BCUT2D eigenvalue weighted by Gasteiger charge is 2.13. The zero-order valence-corrected chi connectivity index (χ0v) is 8.69. The highest BCUT2D eigenvalue weighted by molar-refractivity contribution is 7.89. The normalized spacial score (nSPS) is 13.8. The molecule has 78 valence electrons. The number of benzene rings is 1. The molecular formula is C6H8NO5PS. The maximum absolute atomic E-state index is 11.3. The first-order valence-electron chi connectivity index (χ1n) is 3.49. The Kier molecular flexibility index (Phi) is 3.79. The zero-order chi connectivity index (χ0) is 10.6. The van der Waals surface area contributed by atoms with Crippen LogP contribution in [-0.4, -0.2) is 13.3 Å². The average molecular weight is 237 g/mol. The number of hydrogen-bond acceptors (Lipinski definition) is 4. The third-order valence-corrected chi connectivity index (χ3v) is 2.91. The molecule has 0 bridgehead atoms. The van der Waals surface area contributed by atoms with Gasteiger partial charge in [0.2, 0.25) is 0 Å². The standard InChI is InChI=1S/C6H8NO5PS/c8-13(9)12-7-14(10,11)6-4-2-1-3-5-6/h1-5,7,13H,(H,8,9). The van der Waals surface area contributed by atoms with Crippen LogP contribution in [0.15, 0.2) is 35.2 Å². The van der Waals surface area contributed by atoms with E-state index in [9.17, 15) is 13.0 Å². The number of rotatable bonds is 4. The fourth-order valence-electron chi connectivity index (χ4n) is 0.738. The molecule has 0 aliphatic heterocycles. The van der Waals surface area contributed by atoms with Crippen molar-refractivity contribution < 1.29 is 22.5 Å². The molecule has 1 aromatic rings. The first kappa shape index (κ1) is 11.4. The Morgan fingerprint density at radius 2 is 1.86 bits per heavy atom. The quantitative estimate of drug-likeness (QED) is 0.579. The maximum Gasteiger partial charge on any atom is 0.333 e. The summed E-state index contributed by atoms with van der Waals surface area (Å²) in [5.74, 6) is 0. The lowest BCUT2D eigenvalue weighted by molar-refractivity contribution is 0.243. The minimum absolute atomic E-state index is 0.0387. The predicted molar refractivity (Wildman–Crippen MR) is 49.1 cm³/mol. The van der Waals surface area contributed by atoms with Crippen LogP contribution in [0.4, 0.5) is 0 Å². The molecule has 0 spiro atoms. The van der Waals surface area contributed by atoms with Gasteiger partial charge in [-0.25, -0.2) is 13.0 Å². The minimum atomic E-state index is -3.86. The molecule has 6 nitrogen and oxygen atoms in total. The molecule has 1 unspecified atom stereocenters. The molecule has 0 aliphatic rings. The summed E-state index contributed by atoms with van der Waals surface area (Å²) in [6.45, 7) is 0. The van der Waals surface area contributed by atoms with E-state index < -0.39 is 18.3 Å². The first-order valence-corrected chi connectivity index (χ1v) is 6.24. The van der Waals surface area contributed by atoms with Crippen molar-refractivity contribution in [2.75, 3.05) is 0 Å². The van der Waals surface area contributed by atoms with E-state index in [4.69, 9.17) is 4.89 Å². The Balaban J connectivity index is 2.82. The summed E-state index contributed by atoms with van der Waals surface area (Å²) >= 11 is 0. The topological polar surface area (TPSA) is 92.7 Å². The van der Waals surface area contributed by atoms with E-state index in [1.807, 2.05) is 0 Å². The van der Waals surface area contributed by atoms with Crippen molar-refractivity contribution in [2.45, 2.75) is 4.90 Å². The third-order valence-electron chi connectivity index (χ3n) is 1.29. The van der Waals surface area contributed by atoms with Crippen LogP contribution in [0.2, 0.25) is 0 Å². The monoisotopic (exact) mass is 237 g/mol. The molecule has 0 saturated heterocycles. The van der Waals surface area contributed by atoms with Crippen LogP contribution in [0.1, 0.15) is 0 Å². The van der Waals surface area contributed by atoms with E-state index in [0.29, 0.717) is 0 Å². The van der Waals surface area contributed by atoms with Crippen LogP contribution >= 0.6 is 8.25 Å². The fraction of sp³-hybridized carbons (Fsp3) is 0. The third kappa shape index (κ3) is 3.21. The summed E-state index contributed by atoms with van der Waals surface area (Å²) in [5, 5.41) is 0. The lowest BCUT2D eigenvalue weighted by Gasteiger charge is -2.03. The second-order valence-electron chi connectivity index (χ2n) is 2.27. The van der Waals surface area contributed by atoms with E-state index in [0.717, 1.165) is 0 Å². The molecule has 0 aromatic heterocycles. The average Bonchev–Trinajstić information content (AvgIpc) is 2.16. The Morgan fingerprint density at radius 1 is 1.29 bits per heavy atom. The van der Waals surface area contributed by atoms with Crippen molar-refractivity contribution in [3.63, 3.8) is 0 Å². The predicted octanol–water partition coefficient (Wildman–Crippen LogP) is 0.279. The van der Waals surface area contributed by atoms with Crippen molar-refractivity contribution in [2.24, 2.45) is 0 Å². The van der Waals surface area contributed by atoms with Crippen LogP contribution in [0.25, 0.3) is 0 Å². The molecular weight excluding hydrogens is 229 g/mol. The first-order chi connectivity index (χ1) is 6.52. The van der Waals surface area contributed by atoms with Crippen LogP contribution in [-0.2, 0) is 19.2 Å². The van der Waals surface area contributed by atoms with E-state index in [1.54, 1.807) is 6.07 Å². The Hall–Kier alpha value is -0.720. The highest BCUT2D eigenvalue weighted by Crippen LogP contribution is 2.14. The fourth-order valence-corrected chi connectivity index (χ4v) is 2.07. The van der Waals surface area contributed by atoms with Crippen molar-refractivity contribution in [3.8, 4) is 0 Å². The smallest absolute Gasteiger partial charge is 0.325 e. The van der Waals surface area contributed by atoms with Gasteiger partial charge in [0.15, 0.2) is 0 Å². The molecule has 0 amide bonds. The van der Waals surface area contributed by atoms with Gasteiger partial charge in [-0.05, 0) is 12.1 Å². The molecule has 0 fully saturated rings. The molecule has 8 heteroatoms. The van der Waals surface area contributed by atoms with E-state index in [2.05, 4.69) is 4.62 Å². The second kappa shape index (κ2) is 4.68. The molecule has 0 radical (unpaired) electrons. The van der Waals surface area contributed by atoms with Gasteiger partial charge in [0.25, 0.3) is 10.0 Å². The maximum atomic E-state index is 11.3. The van der Waals surface area contributed by atoms with Crippen molar-refractivity contribution in [3.05, 3.63) is 30.3 Å². The van der Waals surface area contributed by atoms with Gasteiger partial charge < -0.3 is 4.89 Å². The van der Waals surface area contributed by atoms with Crippen molar-refractivity contribution in [1.29, 1.82) is 0 Å². The van der Waals surface area contributed by atoms with Gasteiger partial charge in [-0.2, -0.15) is 0 Å². The van der Waals surface area contributed by atoms with Crippen LogP contribution in [0.3, 0.4) is 0 Å². The zero-order valence-electron chi connectivity index (χ0n) is 6.88. The van der Waals surface area contributed by atoms with Crippen LogP contribution in [0.5, 0.6) is 0 Å². The largest absolute Gasteiger partial charge is 0.333 e. The molecule has 0 saturated carbocycles. The Labute approximate surface area is 81.5 Å². The number of nitrogens with one attached hydrogen (secondary N) is 1. The lowest BCUT2D eigenvalue weighted by Crippen LogP contribution is -2.21. The molecule has 0 heterocycles. The number of hydrogen-bond donors (Lipinski definition) is 2. The second-order valence-corrected chi connectivity index (χ2v) is 4.65. The lowest BCUT2D eigenvalue weighted by atomic mass is 10.4. The Bertz CT molecular complexity index is 417. The summed E-state index contributed by atoms with van der Waals surface area (Å²) in [7, 11) is -7.18. The summed E-state index contributed by atoms with van der Waals surface area (Å²) in [6.07, 6.45) is 0. The van der Waals surface area contributed by atoms with E-state index >= 15 is 0 Å². The molecule has 1 rings (SSSR count). The molecule has 1 atom stereocenters. The summed E-state index contributed by atoms with van der Waals surface area (Å²) in [4.78, 5) is 9.75. The van der Waals surface area contributed by atoms with Gasteiger partial charge in [-0.3, -0.25) is 4.57 Å². The van der Waals surface area contributed by atoms with Gasteiger partial charge in [-0.1, -0.05) is 23.1 Å². The van der Waals surface area contributed by atoms with Crippen LogP contribution < -0.4 is 4.89 Å². The SMILES string of the molecule is O=[PH](O)ONS(=O)(=O)c1ccccc1. The summed E-state index contributed by atoms with van der Waals surface area (Å²) in [5.41, 5.74) is 0. The number of sulfonamides is 1. The molecule has 0 aliphatic carbocycles. The van der Waals surface area contributed by atoms with Gasteiger partial charge in [-0.15, -0.1) is 0 Å². The Morgan fingerprint density at radius 3 is 2.36 bits per heavy atom. The summed E-state index contributed by atoms with van der Waals surface area (Å²) in [6, 6.07) is 7.36. The molecule has 14 heavy (non-hydrogen) atoms. The van der Waals surface area contributed by atoms with E-state index in [-0.39, 0.29) is 4.90 Å². The minimum Gasteiger partial charge on any atom is -0.325 e. The van der Waals surface area contributed by atoms with Gasteiger partial charge in [0.1, 0.15) is 0 Å². The van der Waals surface area contributed by atoms with Gasteiger partial charge in [0, 0.05) is 0 Å². The van der Waals surface area contributed by atoms with Gasteiger partial charge >= 0.3 is 8.25 Å². The van der Waals surface area contributed by atoms with Crippen LogP contribution in [0, 0.1) is 0 Å². The molecule has 2 N–H and O–H groups in total. The molecule has 1 aromatic carbocycles. The van der Waals surface area contributed by atoms with Crippen molar-refractivity contribution in [1.82, 2.24) is 4.89 Å².